The molecular weight excluding hydrogens is 744 g/mol. The third-order valence-corrected chi connectivity index (χ3v) is 10.6. The van der Waals surface area contributed by atoms with E-state index in [4.69, 9.17) is 38.6 Å². The highest BCUT2D eigenvalue weighted by Gasteiger charge is 2.26. The average molecular weight is 796 g/mol. The lowest BCUT2D eigenvalue weighted by Crippen LogP contribution is -2.14. The number of carbonyl (C=O) groups is 2. The van der Waals surface area contributed by atoms with Crippen molar-refractivity contribution in [2.75, 3.05) is 13.2 Å². The summed E-state index contributed by atoms with van der Waals surface area (Å²) in [5.41, 5.74) is 6.62. The Balaban J connectivity index is 0.000000249. The molecule has 0 N–H and O–H groups in total. The van der Waals surface area contributed by atoms with Crippen molar-refractivity contribution >= 4 is 62.2 Å². The van der Waals surface area contributed by atoms with Crippen molar-refractivity contribution in [3.63, 3.8) is 0 Å². The predicted molar refractivity (Wildman–Crippen MR) is 201 cm³/mol. The fraction of sp³-hybridized carbons (Fsp3) is 0.550. The van der Waals surface area contributed by atoms with E-state index in [1.807, 2.05) is 23.0 Å². The Morgan fingerprint density at radius 2 is 1.17 bits per heavy atom. The van der Waals surface area contributed by atoms with E-state index in [2.05, 4.69) is 60.2 Å². The number of hydrogen-bond donors (Lipinski definition) is 0. The summed E-state index contributed by atoms with van der Waals surface area (Å²) in [5, 5.41) is 2.38. The monoisotopic (exact) mass is 794 g/mol. The number of rotatable bonds is 10. The lowest BCUT2D eigenvalue weighted by molar-refractivity contribution is -0.193. The molecule has 0 radical (unpaired) electrons. The second kappa shape index (κ2) is 22.6. The summed E-state index contributed by atoms with van der Waals surface area (Å²) < 4.78 is 15.2. The van der Waals surface area contributed by atoms with Gasteiger partial charge in [0.2, 0.25) is 0 Å². The number of hydrogen-bond acceptors (Lipinski definition) is 10. The van der Waals surface area contributed by atoms with Crippen LogP contribution in [0.1, 0.15) is 126 Å². The topological polar surface area (TPSA) is 157 Å². The Kier molecular flexibility index (Phi) is 18.3. The summed E-state index contributed by atoms with van der Waals surface area (Å²) in [6, 6.07) is 8.59. The van der Waals surface area contributed by atoms with Gasteiger partial charge in [0.05, 0.1) is 17.8 Å². The van der Waals surface area contributed by atoms with E-state index >= 15 is 0 Å². The van der Waals surface area contributed by atoms with Crippen molar-refractivity contribution in [3.05, 3.63) is 57.6 Å². The summed E-state index contributed by atoms with van der Waals surface area (Å²) in [6.45, 7) is 9.15. The highest BCUT2D eigenvalue weighted by atomic mass is 79.9. The van der Waals surface area contributed by atoms with Crippen LogP contribution in [-0.4, -0.2) is 56.6 Å². The number of halogens is 1. The van der Waals surface area contributed by atoms with Crippen LogP contribution in [0.2, 0.25) is 0 Å². The van der Waals surface area contributed by atoms with Crippen LogP contribution in [-0.2, 0) is 64.2 Å². The third-order valence-electron chi connectivity index (χ3n) is 9.73. The predicted octanol–water partition coefficient (Wildman–Crippen LogP) is 8.01. The lowest BCUT2D eigenvalue weighted by atomic mass is 9.84. The quantitative estimate of drug-likeness (QED) is 0.144. The molecule has 13 heteroatoms. The second-order valence-corrected chi connectivity index (χ2v) is 13.8. The summed E-state index contributed by atoms with van der Waals surface area (Å²) in [5.74, 6) is 0.745. The van der Waals surface area contributed by atoms with Crippen LogP contribution < -0.4 is 0 Å². The van der Waals surface area contributed by atoms with Crippen LogP contribution in [0.25, 0.3) is 22.1 Å². The smallest absolute Gasteiger partial charge is 0.373 e. The zero-order valence-corrected chi connectivity index (χ0v) is 32.9. The van der Waals surface area contributed by atoms with Gasteiger partial charge in [0.1, 0.15) is 24.4 Å². The van der Waals surface area contributed by atoms with Crippen LogP contribution >= 0.6 is 15.9 Å². The molecule has 2 aliphatic carbocycles. The molecule has 53 heavy (non-hydrogen) atoms. The fourth-order valence-corrected chi connectivity index (χ4v) is 8.17. The fourth-order valence-electron chi connectivity index (χ4n) is 7.34. The largest absolute Gasteiger partial charge is 0.465 e. The second-order valence-electron chi connectivity index (χ2n) is 13.0. The maximum atomic E-state index is 12.1. The minimum atomic E-state index is -0.214. The molecule has 0 spiro atoms. The minimum Gasteiger partial charge on any atom is -0.465 e. The average Bonchev–Trinajstić information content (AvgIpc) is 3.66. The molecule has 2 fully saturated rings. The number of fused-ring (bicyclic) bond motifs is 2. The normalized spacial score (nSPS) is 14.4. The highest BCUT2D eigenvalue weighted by molar-refractivity contribution is 9.10. The van der Waals surface area contributed by atoms with Gasteiger partial charge in [-0.15, -0.1) is 0 Å². The van der Waals surface area contributed by atoms with Crippen LogP contribution in [0.5, 0.6) is 0 Å². The summed E-state index contributed by atoms with van der Waals surface area (Å²) in [6.07, 6.45) is 17.2. The molecule has 4 aromatic heterocycles. The maximum absolute atomic E-state index is 12.1. The number of pyridine rings is 2. The van der Waals surface area contributed by atoms with Gasteiger partial charge in [-0.05, 0) is 116 Å². The SMILES string of the molecule is CCOC(=O)Cn1c(Br)c(C2CCCCC2)c2ccc(CC)nc21.CCOC(=O)Cn1cc(C2CCCCC2)c2ccc(CC)nc21.O=C=O.O=C=O. The molecule has 286 valence electrons. The maximum Gasteiger partial charge on any atom is 0.373 e. The summed E-state index contributed by atoms with van der Waals surface area (Å²) in [4.78, 5) is 66.1. The zero-order valence-electron chi connectivity index (χ0n) is 31.3. The van der Waals surface area contributed by atoms with Gasteiger partial charge < -0.3 is 18.6 Å². The van der Waals surface area contributed by atoms with E-state index in [1.54, 1.807) is 0 Å². The van der Waals surface area contributed by atoms with Gasteiger partial charge in [-0.2, -0.15) is 19.2 Å². The molecule has 0 saturated heterocycles. The van der Waals surface area contributed by atoms with E-state index in [0.717, 1.165) is 40.1 Å². The number of carbonyl (C=O) groups excluding carboxylic acids is 6. The summed E-state index contributed by atoms with van der Waals surface area (Å²) >= 11 is 3.77. The lowest BCUT2D eigenvalue weighted by Gasteiger charge is -2.22. The minimum absolute atomic E-state index is 0.191. The van der Waals surface area contributed by atoms with Crippen molar-refractivity contribution in [1.82, 2.24) is 19.1 Å². The molecule has 4 aromatic rings. The van der Waals surface area contributed by atoms with Crippen LogP contribution in [0.3, 0.4) is 0 Å². The first-order chi connectivity index (χ1) is 25.7. The zero-order chi connectivity index (χ0) is 38.8. The molecule has 2 saturated carbocycles. The highest BCUT2D eigenvalue weighted by Crippen LogP contribution is 2.42. The molecule has 0 aromatic carbocycles. The third kappa shape index (κ3) is 11.8. The molecule has 4 heterocycles. The van der Waals surface area contributed by atoms with Gasteiger partial charge in [-0.3, -0.25) is 9.59 Å². The molecule has 2 aliphatic rings. The molecule has 0 amide bonds. The van der Waals surface area contributed by atoms with E-state index in [-0.39, 0.29) is 37.3 Å². The van der Waals surface area contributed by atoms with Gasteiger partial charge in [-0.1, -0.05) is 52.4 Å². The molecule has 0 aliphatic heterocycles. The van der Waals surface area contributed by atoms with Gasteiger partial charge in [0.15, 0.2) is 0 Å². The van der Waals surface area contributed by atoms with Gasteiger partial charge >= 0.3 is 24.2 Å². The van der Waals surface area contributed by atoms with Crippen molar-refractivity contribution in [3.8, 4) is 0 Å². The first kappa shape index (κ1) is 43.0. The number of ether oxygens (including phenoxy) is 2. The van der Waals surface area contributed by atoms with Crippen molar-refractivity contribution in [2.24, 2.45) is 0 Å². The number of nitrogens with zero attached hydrogens (tertiary/aromatic N) is 4. The van der Waals surface area contributed by atoms with Crippen molar-refractivity contribution in [2.45, 2.75) is 130 Å². The van der Waals surface area contributed by atoms with Crippen LogP contribution in [0.15, 0.2) is 35.1 Å². The first-order valence-corrected chi connectivity index (χ1v) is 19.5. The number of aromatic nitrogens is 4. The molecule has 12 nitrogen and oxygen atoms in total. The van der Waals surface area contributed by atoms with Gasteiger partial charge in [-0.25, -0.2) is 9.97 Å². The van der Waals surface area contributed by atoms with E-state index in [1.165, 1.54) is 86.1 Å². The standard InChI is InChI=1S/C19H25BrN2O2.C19H26N2O2.2CO2/c1-3-14-10-11-15-17(13-8-6-5-7-9-13)18(20)22(19(15)21-14)12-16(23)24-4-2;1-3-15-10-11-16-17(14-8-6-5-7-9-14)12-21(19(16)20-15)13-18(22)23-4-2;2*2-1-3/h10-11,13H,3-9,12H2,1-2H3;10-12,14H,3-9,13H2,1-2H3;;. The molecule has 6 rings (SSSR count). The van der Waals surface area contributed by atoms with Crippen molar-refractivity contribution in [1.29, 1.82) is 0 Å². The van der Waals surface area contributed by atoms with Crippen LogP contribution in [0.4, 0.5) is 0 Å². The first-order valence-electron chi connectivity index (χ1n) is 18.7. The van der Waals surface area contributed by atoms with E-state index in [9.17, 15) is 9.59 Å². The van der Waals surface area contributed by atoms with E-state index in [0.29, 0.717) is 25.0 Å². The number of aryl methyl sites for hydroxylation is 2. The molecule has 0 unspecified atom stereocenters. The Morgan fingerprint density at radius 1 is 0.698 bits per heavy atom. The van der Waals surface area contributed by atoms with Crippen molar-refractivity contribution < 1.29 is 38.2 Å². The van der Waals surface area contributed by atoms with Gasteiger partial charge in [0.25, 0.3) is 0 Å². The Labute approximate surface area is 319 Å². The summed E-state index contributed by atoms with van der Waals surface area (Å²) in [7, 11) is 0. The molecular formula is C40H51BrN4O8. The Hall–Kier alpha value is -4.44. The molecule has 0 bridgehead atoms. The van der Waals surface area contributed by atoms with E-state index < -0.39 is 0 Å². The number of esters is 2. The Morgan fingerprint density at radius 3 is 1.68 bits per heavy atom. The molecule has 0 atom stereocenters. The Bertz CT molecular complexity index is 1850. The van der Waals surface area contributed by atoms with Gasteiger partial charge in [0, 0.05) is 28.4 Å². The van der Waals surface area contributed by atoms with Crippen LogP contribution in [0, 0.1) is 0 Å².